The van der Waals surface area contributed by atoms with Gasteiger partial charge in [-0.3, -0.25) is 3.97 Å². The predicted molar refractivity (Wildman–Crippen MR) is 73.7 cm³/mol. The van der Waals surface area contributed by atoms with Gasteiger partial charge in [-0.05, 0) is 24.6 Å². The first-order valence-electron chi connectivity index (χ1n) is 4.38. The van der Waals surface area contributed by atoms with Crippen LogP contribution in [0, 0.1) is 0 Å². The van der Waals surface area contributed by atoms with Crippen LogP contribution in [0.1, 0.15) is 12.5 Å². The second-order valence-electron chi connectivity index (χ2n) is 2.99. The Balaban J connectivity index is 2.70. The molecule has 0 saturated carbocycles. The zero-order valence-corrected chi connectivity index (χ0v) is 10.7. The average Bonchev–Trinajstić information content (AvgIpc) is 2.62. The van der Waals surface area contributed by atoms with Gasteiger partial charge in [-0.1, -0.05) is 24.3 Å². The molecule has 0 N–H and O–H groups in total. The first-order chi connectivity index (χ1) is 6.86. The summed E-state index contributed by atoms with van der Waals surface area (Å²) in [6, 6.07) is 8.55. The highest BCUT2D eigenvalue weighted by atomic mass is 127. The second-order valence-corrected chi connectivity index (χ2v) is 4.70. The predicted octanol–water partition coefficient (Wildman–Crippen LogP) is 4.52. The van der Waals surface area contributed by atoms with E-state index in [1.54, 1.807) is 9.12 Å². The van der Waals surface area contributed by atoms with Crippen LogP contribution in [0.3, 0.4) is 0 Å². The molecule has 0 fully saturated rings. The maximum absolute atomic E-state index is 2.29. The molecule has 0 aliphatic carbocycles. The summed E-state index contributed by atoms with van der Waals surface area (Å²) in [5.41, 5.74) is 2.56. The van der Waals surface area contributed by atoms with Crippen molar-refractivity contribution in [3.63, 3.8) is 0 Å². The zero-order valence-electron chi connectivity index (χ0n) is 7.77. The maximum Gasteiger partial charge on any atom is 0.0604 e. The fraction of sp³-hybridized carbons (Fsp3) is 0.0909. The molecule has 2 rings (SSSR count). The van der Waals surface area contributed by atoms with Crippen molar-refractivity contribution in [2.75, 3.05) is 0 Å². The monoisotopic (exact) mass is 315 g/mol. The van der Waals surface area contributed by atoms with Crippen molar-refractivity contribution in [2.24, 2.45) is 0 Å². The van der Waals surface area contributed by atoms with E-state index in [9.17, 15) is 0 Å². The zero-order chi connectivity index (χ0) is 9.97. The Morgan fingerprint density at radius 3 is 2.93 bits per heavy atom. The summed E-state index contributed by atoms with van der Waals surface area (Å²) in [5, 5.41) is 1.31. The van der Waals surface area contributed by atoms with Crippen LogP contribution in [-0.2, 0) is 0 Å². The molecule has 1 nitrogen and oxygen atoms in total. The summed E-state index contributed by atoms with van der Waals surface area (Å²) in [7, 11) is 1.69. The molecule has 0 saturated heterocycles. The van der Waals surface area contributed by atoms with Gasteiger partial charge in [0.15, 0.2) is 0 Å². The van der Waals surface area contributed by atoms with Crippen LogP contribution >= 0.6 is 30.3 Å². The number of aromatic nitrogens is 1. The van der Waals surface area contributed by atoms with Crippen LogP contribution in [0.5, 0.6) is 0 Å². The fourth-order valence-electron chi connectivity index (χ4n) is 1.55. The quantitative estimate of drug-likeness (QED) is 0.738. The molecular weight excluding hydrogens is 305 g/mol. The third-order valence-corrected chi connectivity index (χ3v) is 3.89. The molecule has 0 unspecified atom stereocenters. The van der Waals surface area contributed by atoms with Crippen LogP contribution in [0.2, 0.25) is 0 Å². The Labute approximate surface area is 99.9 Å². The lowest BCUT2D eigenvalue weighted by atomic mass is 10.1. The molecular formula is C11H10INS. The summed E-state index contributed by atoms with van der Waals surface area (Å²) in [5.74, 6) is 0. The van der Waals surface area contributed by atoms with Gasteiger partial charge in [-0.25, -0.2) is 0 Å². The van der Waals surface area contributed by atoms with Crippen LogP contribution in [0.25, 0.3) is 17.0 Å². The molecule has 14 heavy (non-hydrogen) atoms. The van der Waals surface area contributed by atoms with Crippen LogP contribution in [-0.4, -0.2) is 3.97 Å². The number of hydrogen-bond donors (Lipinski definition) is 0. The SMILES string of the molecule is C/C=C/c1cccc2c1ccn2SI. The molecule has 0 amide bonds. The smallest absolute Gasteiger partial charge is 0.0604 e. The molecule has 0 aliphatic heterocycles. The van der Waals surface area contributed by atoms with Crippen molar-refractivity contribution in [3.8, 4) is 0 Å². The van der Waals surface area contributed by atoms with Gasteiger partial charge in [0.1, 0.15) is 0 Å². The minimum Gasteiger partial charge on any atom is -0.282 e. The summed E-state index contributed by atoms with van der Waals surface area (Å²) in [6.45, 7) is 2.04. The number of rotatable bonds is 2. The molecule has 0 atom stereocenters. The lowest BCUT2D eigenvalue weighted by molar-refractivity contribution is 1.37. The van der Waals surface area contributed by atoms with Gasteiger partial charge in [-0.2, -0.15) is 0 Å². The van der Waals surface area contributed by atoms with E-state index in [1.165, 1.54) is 16.5 Å². The van der Waals surface area contributed by atoms with Crippen molar-refractivity contribution in [3.05, 3.63) is 42.1 Å². The number of nitrogens with zero attached hydrogens (tertiary/aromatic N) is 1. The third-order valence-electron chi connectivity index (χ3n) is 2.15. The van der Waals surface area contributed by atoms with Crippen molar-refractivity contribution in [1.29, 1.82) is 0 Å². The summed E-state index contributed by atoms with van der Waals surface area (Å²) in [6.07, 6.45) is 6.32. The number of hydrogen-bond acceptors (Lipinski definition) is 1. The molecule has 3 heteroatoms. The van der Waals surface area contributed by atoms with Gasteiger partial charge in [0.2, 0.25) is 0 Å². The first kappa shape index (κ1) is 10.1. The normalized spacial score (nSPS) is 11.6. The summed E-state index contributed by atoms with van der Waals surface area (Å²) >= 11 is 2.29. The lowest BCUT2D eigenvalue weighted by Gasteiger charge is -1.99. The number of allylic oxidation sites excluding steroid dienone is 1. The van der Waals surface area contributed by atoms with Crippen molar-refractivity contribution in [2.45, 2.75) is 6.92 Å². The molecule has 1 heterocycles. The van der Waals surface area contributed by atoms with E-state index in [-0.39, 0.29) is 0 Å². The molecule has 0 spiro atoms. The maximum atomic E-state index is 2.29. The van der Waals surface area contributed by atoms with E-state index in [4.69, 9.17) is 0 Å². The molecule has 0 radical (unpaired) electrons. The van der Waals surface area contributed by atoms with Gasteiger partial charge in [-0.15, -0.1) is 0 Å². The van der Waals surface area contributed by atoms with Crippen LogP contribution in [0.15, 0.2) is 36.5 Å². The number of halogens is 1. The molecule has 1 aromatic heterocycles. The van der Waals surface area contributed by atoms with E-state index < -0.39 is 0 Å². The van der Waals surface area contributed by atoms with E-state index in [2.05, 4.69) is 67.8 Å². The van der Waals surface area contributed by atoms with Crippen molar-refractivity contribution < 1.29 is 0 Å². The Bertz CT molecular complexity index is 473. The highest BCUT2D eigenvalue weighted by Gasteiger charge is 2.02. The Kier molecular flexibility index (Phi) is 3.18. The minimum atomic E-state index is 1.28. The highest BCUT2D eigenvalue weighted by Crippen LogP contribution is 2.27. The Morgan fingerprint density at radius 1 is 1.36 bits per heavy atom. The van der Waals surface area contributed by atoms with Gasteiger partial charge < -0.3 is 0 Å². The van der Waals surface area contributed by atoms with E-state index in [0.717, 1.165) is 0 Å². The van der Waals surface area contributed by atoms with E-state index >= 15 is 0 Å². The lowest BCUT2D eigenvalue weighted by Crippen LogP contribution is -1.79. The second kappa shape index (κ2) is 4.40. The van der Waals surface area contributed by atoms with Crippen molar-refractivity contribution >= 4 is 47.3 Å². The molecule has 0 aliphatic rings. The van der Waals surface area contributed by atoms with Gasteiger partial charge in [0, 0.05) is 41.9 Å². The largest absolute Gasteiger partial charge is 0.282 e. The van der Waals surface area contributed by atoms with Gasteiger partial charge in [0.05, 0.1) is 5.52 Å². The Morgan fingerprint density at radius 2 is 2.21 bits per heavy atom. The minimum absolute atomic E-state index is 1.28. The Hall–Kier alpha value is -0.420. The third kappa shape index (κ3) is 1.70. The topological polar surface area (TPSA) is 4.93 Å². The van der Waals surface area contributed by atoms with Gasteiger partial charge >= 0.3 is 0 Å². The van der Waals surface area contributed by atoms with Crippen LogP contribution < -0.4 is 0 Å². The fourth-order valence-corrected chi connectivity index (χ4v) is 2.92. The van der Waals surface area contributed by atoms with E-state index in [1.807, 2.05) is 6.92 Å². The highest BCUT2D eigenvalue weighted by molar-refractivity contribution is 14.2. The average molecular weight is 315 g/mol. The molecule has 0 bridgehead atoms. The number of fused-ring (bicyclic) bond motifs is 1. The van der Waals surface area contributed by atoms with Gasteiger partial charge in [0.25, 0.3) is 0 Å². The van der Waals surface area contributed by atoms with E-state index in [0.29, 0.717) is 0 Å². The molecule has 72 valence electrons. The summed E-state index contributed by atoms with van der Waals surface area (Å²) < 4.78 is 2.17. The van der Waals surface area contributed by atoms with Crippen LogP contribution in [0.4, 0.5) is 0 Å². The first-order valence-corrected chi connectivity index (χ1v) is 7.70. The summed E-state index contributed by atoms with van der Waals surface area (Å²) in [4.78, 5) is 0. The number of benzene rings is 1. The molecule has 1 aromatic carbocycles. The standard InChI is InChI=1S/C11H10INS/c1-2-4-9-5-3-6-11-10(9)7-8-13(11)14-12/h2-8H,1H3/b4-2+. The molecule has 2 aromatic rings. The van der Waals surface area contributed by atoms with Crippen molar-refractivity contribution in [1.82, 2.24) is 3.97 Å².